The third-order valence-corrected chi connectivity index (χ3v) is 3.50. The number of aliphatic hydroxyl groups excluding tert-OH is 1. The van der Waals surface area contributed by atoms with E-state index in [9.17, 15) is 5.11 Å². The molecule has 0 aromatic carbocycles. The van der Waals surface area contributed by atoms with Crippen molar-refractivity contribution in [2.75, 3.05) is 13.2 Å². The fourth-order valence-corrected chi connectivity index (χ4v) is 2.89. The number of aliphatic hydroxyl groups is 1. The second-order valence-electron chi connectivity index (χ2n) is 4.30. The molecule has 4 atom stereocenters. The van der Waals surface area contributed by atoms with Crippen molar-refractivity contribution < 1.29 is 9.84 Å². The molecule has 1 N–H and O–H groups in total. The third kappa shape index (κ3) is 1.27. The summed E-state index contributed by atoms with van der Waals surface area (Å²) in [7, 11) is 0. The van der Waals surface area contributed by atoms with Gasteiger partial charge in [-0.15, -0.1) is 0 Å². The largest absolute Gasteiger partial charge is 0.396 e. The minimum Gasteiger partial charge on any atom is -0.396 e. The predicted octanol–water partition coefficient (Wildman–Crippen LogP) is 1.43. The van der Waals surface area contributed by atoms with E-state index in [0.29, 0.717) is 30.5 Å². The fourth-order valence-electron chi connectivity index (χ4n) is 2.89. The van der Waals surface area contributed by atoms with Gasteiger partial charge in [0.1, 0.15) is 0 Å². The number of fused-ring (bicyclic) bond motifs is 1. The zero-order chi connectivity index (χ0) is 8.55. The highest BCUT2D eigenvalue weighted by atomic mass is 16.5. The van der Waals surface area contributed by atoms with Gasteiger partial charge in [-0.2, -0.15) is 0 Å². The molecule has 0 bridgehead atoms. The van der Waals surface area contributed by atoms with Crippen LogP contribution >= 0.6 is 0 Å². The molecule has 2 nitrogen and oxygen atoms in total. The molecule has 1 saturated carbocycles. The Labute approximate surface area is 73.9 Å². The summed E-state index contributed by atoms with van der Waals surface area (Å²) in [5, 5.41) is 9.20. The Morgan fingerprint density at radius 2 is 2.25 bits per heavy atom. The van der Waals surface area contributed by atoms with Crippen LogP contribution in [-0.4, -0.2) is 24.4 Å². The average molecular weight is 170 g/mol. The van der Waals surface area contributed by atoms with Gasteiger partial charge in [0.25, 0.3) is 0 Å². The summed E-state index contributed by atoms with van der Waals surface area (Å²) in [6.07, 6.45) is 4.11. The highest BCUT2D eigenvalue weighted by Gasteiger charge is 2.41. The molecule has 1 heterocycles. The van der Waals surface area contributed by atoms with Crippen molar-refractivity contribution in [2.24, 2.45) is 17.8 Å². The Hall–Kier alpha value is -0.0800. The summed E-state index contributed by atoms with van der Waals surface area (Å²) in [4.78, 5) is 0. The molecule has 0 spiro atoms. The van der Waals surface area contributed by atoms with Crippen LogP contribution in [0.25, 0.3) is 0 Å². The van der Waals surface area contributed by atoms with Crippen LogP contribution in [-0.2, 0) is 4.74 Å². The quantitative estimate of drug-likeness (QED) is 0.645. The molecule has 1 saturated heterocycles. The van der Waals surface area contributed by atoms with Crippen LogP contribution in [0.4, 0.5) is 0 Å². The van der Waals surface area contributed by atoms with Gasteiger partial charge in [0.15, 0.2) is 0 Å². The molecule has 2 heteroatoms. The number of hydrogen-bond acceptors (Lipinski definition) is 2. The molecule has 0 radical (unpaired) electrons. The minimum absolute atomic E-state index is 0.356. The Balaban J connectivity index is 2.07. The molecular weight excluding hydrogens is 152 g/mol. The van der Waals surface area contributed by atoms with Crippen molar-refractivity contribution in [3.8, 4) is 0 Å². The Morgan fingerprint density at radius 1 is 1.42 bits per heavy atom. The molecular formula is C10H18O2. The summed E-state index contributed by atoms with van der Waals surface area (Å²) in [5.41, 5.74) is 0. The lowest BCUT2D eigenvalue weighted by Crippen LogP contribution is -2.33. The van der Waals surface area contributed by atoms with Crippen molar-refractivity contribution in [1.29, 1.82) is 0 Å². The highest BCUT2D eigenvalue weighted by molar-refractivity contribution is 4.89. The predicted molar refractivity (Wildman–Crippen MR) is 46.8 cm³/mol. The molecule has 70 valence electrons. The molecule has 1 aliphatic heterocycles. The van der Waals surface area contributed by atoms with Gasteiger partial charge in [0, 0.05) is 13.2 Å². The number of hydrogen-bond donors (Lipinski definition) is 1. The summed E-state index contributed by atoms with van der Waals surface area (Å²) in [5.74, 6) is 1.82. The van der Waals surface area contributed by atoms with E-state index in [2.05, 4.69) is 6.92 Å². The lowest BCUT2D eigenvalue weighted by Gasteiger charge is -2.33. The van der Waals surface area contributed by atoms with Crippen LogP contribution in [0.3, 0.4) is 0 Å². The molecule has 0 amide bonds. The molecule has 12 heavy (non-hydrogen) atoms. The van der Waals surface area contributed by atoms with Gasteiger partial charge < -0.3 is 9.84 Å². The van der Waals surface area contributed by atoms with Gasteiger partial charge in [-0.25, -0.2) is 0 Å². The third-order valence-electron chi connectivity index (χ3n) is 3.50. The van der Waals surface area contributed by atoms with Gasteiger partial charge in [-0.3, -0.25) is 0 Å². The van der Waals surface area contributed by atoms with Crippen LogP contribution in [0.5, 0.6) is 0 Å². The van der Waals surface area contributed by atoms with Gasteiger partial charge in [0.2, 0.25) is 0 Å². The maximum Gasteiger partial charge on any atom is 0.0610 e. The minimum atomic E-state index is 0.356. The van der Waals surface area contributed by atoms with E-state index in [4.69, 9.17) is 4.74 Å². The van der Waals surface area contributed by atoms with E-state index in [1.54, 1.807) is 0 Å². The first kappa shape index (κ1) is 8.52. The van der Waals surface area contributed by atoms with E-state index in [-0.39, 0.29) is 0 Å². The van der Waals surface area contributed by atoms with E-state index in [1.165, 1.54) is 19.3 Å². The zero-order valence-corrected chi connectivity index (χ0v) is 7.70. The zero-order valence-electron chi connectivity index (χ0n) is 7.70. The topological polar surface area (TPSA) is 29.5 Å². The molecule has 2 fully saturated rings. The molecule has 2 aliphatic rings. The molecule has 0 aromatic heterocycles. The molecule has 1 aliphatic carbocycles. The van der Waals surface area contributed by atoms with Gasteiger partial charge in [0.05, 0.1) is 6.10 Å². The van der Waals surface area contributed by atoms with Gasteiger partial charge in [-0.1, -0.05) is 13.3 Å². The van der Waals surface area contributed by atoms with Crippen molar-refractivity contribution in [3.63, 3.8) is 0 Å². The summed E-state index contributed by atoms with van der Waals surface area (Å²) >= 11 is 0. The van der Waals surface area contributed by atoms with Crippen LogP contribution in [0.15, 0.2) is 0 Å². The maximum absolute atomic E-state index is 9.20. The lowest BCUT2D eigenvalue weighted by molar-refractivity contribution is 0.0256. The number of rotatable bonds is 1. The van der Waals surface area contributed by atoms with E-state index in [0.717, 1.165) is 6.61 Å². The van der Waals surface area contributed by atoms with Crippen LogP contribution in [0, 0.1) is 17.8 Å². The second kappa shape index (κ2) is 3.35. The Kier molecular flexibility index (Phi) is 2.37. The van der Waals surface area contributed by atoms with Crippen molar-refractivity contribution in [1.82, 2.24) is 0 Å². The van der Waals surface area contributed by atoms with Gasteiger partial charge >= 0.3 is 0 Å². The highest BCUT2D eigenvalue weighted by Crippen LogP contribution is 2.41. The summed E-state index contributed by atoms with van der Waals surface area (Å²) in [6.45, 7) is 3.51. The van der Waals surface area contributed by atoms with Crippen molar-refractivity contribution >= 4 is 0 Å². The monoisotopic (exact) mass is 170 g/mol. The summed E-state index contributed by atoms with van der Waals surface area (Å²) < 4.78 is 5.69. The maximum atomic E-state index is 9.20. The SMILES string of the molecule is C[C@@H]1CO[C@@H]2CCC[C@H](CO)[C@@H]12. The first-order chi connectivity index (χ1) is 5.83. The second-order valence-corrected chi connectivity index (χ2v) is 4.30. The van der Waals surface area contributed by atoms with Crippen LogP contribution in [0.2, 0.25) is 0 Å². The normalized spacial score (nSPS) is 47.5. The van der Waals surface area contributed by atoms with Crippen LogP contribution in [0.1, 0.15) is 26.2 Å². The average Bonchev–Trinajstić information content (AvgIpc) is 2.48. The fraction of sp³-hybridized carbons (Fsp3) is 1.00. The summed E-state index contributed by atoms with van der Waals surface area (Å²) in [6, 6.07) is 0. The number of ether oxygens (including phenoxy) is 1. The van der Waals surface area contributed by atoms with E-state index >= 15 is 0 Å². The van der Waals surface area contributed by atoms with Gasteiger partial charge in [-0.05, 0) is 30.6 Å². The molecule has 0 aromatic rings. The smallest absolute Gasteiger partial charge is 0.0610 e. The Morgan fingerprint density at radius 3 is 3.00 bits per heavy atom. The van der Waals surface area contributed by atoms with Crippen molar-refractivity contribution in [3.05, 3.63) is 0 Å². The van der Waals surface area contributed by atoms with Crippen LogP contribution < -0.4 is 0 Å². The van der Waals surface area contributed by atoms with E-state index < -0.39 is 0 Å². The molecule has 0 unspecified atom stereocenters. The first-order valence-corrected chi connectivity index (χ1v) is 5.05. The molecule has 2 rings (SSSR count). The Bertz CT molecular complexity index is 156. The van der Waals surface area contributed by atoms with E-state index in [1.807, 2.05) is 0 Å². The van der Waals surface area contributed by atoms with Crippen molar-refractivity contribution in [2.45, 2.75) is 32.3 Å². The first-order valence-electron chi connectivity index (χ1n) is 5.05. The standard InChI is InChI=1S/C10H18O2/c1-7-6-12-9-4-2-3-8(5-11)10(7)9/h7-11H,2-6H2,1H3/t7-,8-,9-,10-/m1/s1. The lowest BCUT2D eigenvalue weighted by atomic mass is 9.73.